The van der Waals surface area contributed by atoms with Crippen LogP contribution in [0.25, 0.3) is 0 Å². The van der Waals surface area contributed by atoms with Gasteiger partial charge >= 0.3 is 0 Å². The quantitative estimate of drug-likeness (QED) is 0.492. The van der Waals surface area contributed by atoms with Crippen molar-refractivity contribution in [3.05, 3.63) is 34.1 Å². The molecule has 0 bridgehead atoms. The molecule has 1 amide bonds. The maximum atomic E-state index is 13.2. The molecule has 0 aliphatic carbocycles. The number of non-ortho nitro benzene ring substituents is 1. The van der Waals surface area contributed by atoms with Crippen molar-refractivity contribution in [2.24, 2.45) is 0 Å². The molecular weight excluding hydrogens is 231 g/mol. The predicted molar refractivity (Wildman–Crippen MR) is 57.0 cm³/mol. The van der Waals surface area contributed by atoms with Crippen molar-refractivity contribution in [1.29, 1.82) is 0 Å². The molecule has 90 valence electrons. The lowest BCUT2D eigenvalue weighted by molar-refractivity contribution is -0.384. The Morgan fingerprint density at radius 3 is 2.65 bits per heavy atom. The summed E-state index contributed by atoms with van der Waals surface area (Å²) < 4.78 is 13.2. The van der Waals surface area contributed by atoms with Crippen molar-refractivity contribution < 1.29 is 18.9 Å². The Kier molecular flexibility index (Phi) is 3.86. The zero-order chi connectivity index (χ0) is 13.0. The average molecular weight is 240 g/mol. The second-order valence-electron chi connectivity index (χ2n) is 3.35. The van der Waals surface area contributed by atoms with Gasteiger partial charge in [0, 0.05) is 12.1 Å². The molecule has 7 heteroatoms. The first-order valence-corrected chi connectivity index (χ1v) is 4.63. The maximum Gasteiger partial charge on any atom is 0.271 e. The molecule has 0 saturated heterocycles. The van der Waals surface area contributed by atoms with E-state index in [0.29, 0.717) is 0 Å². The number of nitrogens with zero attached hydrogens (tertiary/aromatic N) is 1. The predicted octanol–water partition coefficient (Wildman–Crippen LogP) is 1.65. The van der Waals surface area contributed by atoms with Crippen LogP contribution in [-0.4, -0.2) is 16.6 Å². The Balaban J connectivity index is 2.90. The third kappa shape index (κ3) is 3.63. The Bertz CT molecular complexity index is 487. The van der Waals surface area contributed by atoms with Gasteiger partial charge in [-0.2, -0.15) is 0 Å². The lowest BCUT2D eigenvalue weighted by Gasteiger charge is -2.04. The van der Waals surface area contributed by atoms with Gasteiger partial charge in [-0.25, -0.2) is 4.39 Å². The number of amides is 1. The van der Waals surface area contributed by atoms with Gasteiger partial charge in [-0.3, -0.25) is 19.7 Å². The first-order chi connectivity index (χ1) is 7.90. The van der Waals surface area contributed by atoms with E-state index in [1.807, 2.05) is 0 Å². The number of carbonyl (C=O) groups is 2. The molecule has 1 rings (SSSR count). The summed E-state index contributed by atoms with van der Waals surface area (Å²) in [6, 6.07) is 2.75. The van der Waals surface area contributed by atoms with Crippen LogP contribution in [0.5, 0.6) is 0 Å². The number of carbonyl (C=O) groups excluding carboxylic acids is 2. The first-order valence-electron chi connectivity index (χ1n) is 4.63. The third-order valence-corrected chi connectivity index (χ3v) is 1.84. The summed E-state index contributed by atoms with van der Waals surface area (Å²) in [6.45, 7) is 1.21. The summed E-state index contributed by atoms with van der Waals surface area (Å²) in [5.41, 5.74) is -0.657. The number of nitro benzene ring substituents is 1. The van der Waals surface area contributed by atoms with Crippen molar-refractivity contribution >= 4 is 23.1 Å². The lowest BCUT2D eigenvalue weighted by Crippen LogP contribution is -2.15. The van der Waals surface area contributed by atoms with Gasteiger partial charge in [0.25, 0.3) is 5.69 Å². The van der Waals surface area contributed by atoms with Crippen LogP contribution in [0.4, 0.5) is 15.8 Å². The minimum Gasteiger partial charge on any atom is -0.323 e. The number of halogens is 1. The average Bonchev–Trinajstić information content (AvgIpc) is 2.19. The second-order valence-corrected chi connectivity index (χ2v) is 3.35. The molecule has 1 aromatic carbocycles. The number of hydrogen-bond acceptors (Lipinski definition) is 4. The van der Waals surface area contributed by atoms with Gasteiger partial charge in [0.15, 0.2) is 0 Å². The standard InChI is InChI=1S/C10H9FN2O4/c1-6(14)4-10(15)12-9-5-7(13(16)17)2-3-8(9)11/h2-3,5H,4H2,1H3,(H,12,15). The fourth-order valence-corrected chi connectivity index (χ4v) is 1.14. The van der Waals surface area contributed by atoms with Crippen LogP contribution < -0.4 is 5.32 Å². The van der Waals surface area contributed by atoms with Crippen LogP contribution in [0.1, 0.15) is 13.3 Å². The number of rotatable bonds is 4. The summed E-state index contributed by atoms with van der Waals surface area (Å²) >= 11 is 0. The summed E-state index contributed by atoms with van der Waals surface area (Å²) in [6.07, 6.45) is -0.401. The molecule has 1 N–H and O–H groups in total. The highest BCUT2D eigenvalue weighted by molar-refractivity contribution is 6.03. The van der Waals surface area contributed by atoms with Gasteiger partial charge in [-0.1, -0.05) is 0 Å². The molecule has 6 nitrogen and oxygen atoms in total. The number of hydrogen-bond donors (Lipinski definition) is 1. The highest BCUT2D eigenvalue weighted by Gasteiger charge is 2.13. The number of anilines is 1. The fourth-order valence-electron chi connectivity index (χ4n) is 1.14. The molecule has 1 aromatic rings. The van der Waals surface area contributed by atoms with E-state index >= 15 is 0 Å². The van der Waals surface area contributed by atoms with Gasteiger partial charge in [0.2, 0.25) is 5.91 Å². The molecule has 0 aromatic heterocycles. The topological polar surface area (TPSA) is 89.3 Å². The number of nitrogens with one attached hydrogen (secondary N) is 1. The molecule has 0 atom stereocenters. The van der Waals surface area contributed by atoms with E-state index in [-0.39, 0.29) is 17.2 Å². The van der Waals surface area contributed by atoms with Crippen molar-refractivity contribution in [3.63, 3.8) is 0 Å². The van der Waals surface area contributed by atoms with E-state index in [9.17, 15) is 24.1 Å². The van der Waals surface area contributed by atoms with Gasteiger partial charge in [0.1, 0.15) is 11.6 Å². The van der Waals surface area contributed by atoms with Crippen molar-refractivity contribution in [3.8, 4) is 0 Å². The monoisotopic (exact) mass is 240 g/mol. The summed E-state index contributed by atoms with van der Waals surface area (Å²) in [5, 5.41) is 12.5. The van der Waals surface area contributed by atoms with E-state index in [2.05, 4.69) is 5.32 Å². The highest BCUT2D eigenvalue weighted by Crippen LogP contribution is 2.21. The summed E-state index contributed by atoms with van der Waals surface area (Å²) in [7, 11) is 0. The first kappa shape index (κ1) is 12.8. The lowest BCUT2D eigenvalue weighted by atomic mass is 10.2. The minimum atomic E-state index is -0.799. The molecule has 0 saturated carbocycles. The number of Topliss-reactive ketones (excluding diaryl/α,β-unsaturated/α-hetero) is 1. The van der Waals surface area contributed by atoms with Crippen molar-refractivity contribution in [2.45, 2.75) is 13.3 Å². The molecule has 0 unspecified atom stereocenters. The zero-order valence-corrected chi connectivity index (χ0v) is 8.90. The van der Waals surface area contributed by atoms with Crippen molar-refractivity contribution in [2.75, 3.05) is 5.32 Å². The summed E-state index contributed by atoms with van der Waals surface area (Å²) in [4.78, 5) is 31.6. The SMILES string of the molecule is CC(=O)CC(=O)Nc1cc([N+](=O)[O-])ccc1F. The van der Waals surface area contributed by atoms with Gasteiger partial charge in [0.05, 0.1) is 17.0 Å². The van der Waals surface area contributed by atoms with E-state index in [1.165, 1.54) is 6.92 Å². The largest absolute Gasteiger partial charge is 0.323 e. The number of ketones is 1. The van der Waals surface area contributed by atoms with E-state index in [0.717, 1.165) is 18.2 Å². The highest BCUT2D eigenvalue weighted by atomic mass is 19.1. The third-order valence-electron chi connectivity index (χ3n) is 1.84. The maximum absolute atomic E-state index is 13.2. The van der Waals surface area contributed by atoms with E-state index in [4.69, 9.17) is 0 Å². The van der Waals surface area contributed by atoms with Crippen LogP contribution in [0.2, 0.25) is 0 Å². The fraction of sp³-hybridized carbons (Fsp3) is 0.200. The normalized spacial score (nSPS) is 9.76. The molecule has 17 heavy (non-hydrogen) atoms. The van der Waals surface area contributed by atoms with E-state index < -0.39 is 23.1 Å². The molecule has 0 heterocycles. The zero-order valence-electron chi connectivity index (χ0n) is 8.90. The Labute approximate surface area is 95.6 Å². The molecule has 0 spiro atoms. The van der Waals surface area contributed by atoms with Gasteiger partial charge in [-0.05, 0) is 13.0 Å². The number of benzene rings is 1. The molecule has 0 aliphatic rings. The Hall–Kier alpha value is -2.31. The van der Waals surface area contributed by atoms with Gasteiger partial charge in [-0.15, -0.1) is 0 Å². The molecule has 0 fully saturated rings. The van der Waals surface area contributed by atoms with Crippen LogP contribution in [0.15, 0.2) is 18.2 Å². The van der Waals surface area contributed by atoms with Crippen LogP contribution in [0, 0.1) is 15.9 Å². The Morgan fingerprint density at radius 1 is 1.47 bits per heavy atom. The van der Waals surface area contributed by atoms with Gasteiger partial charge < -0.3 is 5.32 Å². The van der Waals surface area contributed by atoms with Crippen molar-refractivity contribution in [1.82, 2.24) is 0 Å². The molecule has 0 aliphatic heterocycles. The Morgan fingerprint density at radius 2 is 2.12 bits per heavy atom. The second kappa shape index (κ2) is 5.15. The minimum absolute atomic E-state index is 0.314. The molecule has 0 radical (unpaired) electrons. The van der Waals surface area contributed by atoms with E-state index in [1.54, 1.807) is 0 Å². The van der Waals surface area contributed by atoms with Crippen LogP contribution >= 0.6 is 0 Å². The summed E-state index contributed by atoms with van der Waals surface area (Å²) in [5.74, 6) is -1.89. The van der Waals surface area contributed by atoms with Crippen LogP contribution in [0.3, 0.4) is 0 Å². The molecular formula is C10H9FN2O4. The number of nitro groups is 1. The smallest absolute Gasteiger partial charge is 0.271 e. The van der Waals surface area contributed by atoms with Crippen LogP contribution in [-0.2, 0) is 9.59 Å².